The third-order valence-corrected chi connectivity index (χ3v) is 8.63. The lowest BCUT2D eigenvalue weighted by atomic mass is 10.0. The number of nitrogens with one attached hydrogen (secondary N) is 1. The molecule has 15 heteroatoms. The van der Waals surface area contributed by atoms with E-state index in [9.17, 15) is 14.4 Å². The number of amides is 2. The summed E-state index contributed by atoms with van der Waals surface area (Å²) in [6.45, 7) is 5.54. The van der Waals surface area contributed by atoms with Crippen LogP contribution in [0.2, 0.25) is 0 Å². The van der Waals surface area contributed by atoms with E-state index in [2.05, 4.69) is 32.2 Å². The number of ether oxygens (including phenoxy) is 1. The smallest absolute Gasteiger partial charge is 0.355 e. The summed E-state index contributed by atoms with van der Waals surface area (Å²) in [5.74, 6) is -0.680. The Morgan fingerprint density at radius 1 is 1.40 bits per heavy atom. The largest absolute Gasteiger partial charge is 0.457 e. The van der Waals surface area contributed by atoms with Crippen molar-refractivity contribution in [1.29, 1.82) is 0 Å². The van der Waals surface area contributed by atoms with E-state index in [1.807, 2.05) is 0 Å². The van der Waals surface area contributed by atoms with Crippen molar-refractivity contribution in [3.63, 3.8) is 0 Å². The monoisotopic (exact) mass is 552 g/mol. The molecule has 4 heterocycles. The standard InChI is InChI=1S/C20H20N6O5S4/c1-10(2)4-31-19(29)15-11(6-34-20-24-22-9-35-20)5-33-18-14(17(28)26(15)18)23-16(27)13(25-30-3)12-7-32-8-21-12/h7-9,14,18H,1,4-6H2,2-3H3,(H,23,27)/b25-13+/t14?,18-/m1/s1. The van der Waals surface area contributed by atoms with Gasteiger partial charge in [-0.2, -0.15) is 0 Å². The van der Waals surface area contributed by atoms with Crippen LogP contribution in [0.5, 0.6) is 0 Å². The normalized spacial score (nSPS) is 19.7. The summed E-state index contributed by atoms with van der Waals surface area (Å²) in [6.07, 6.45) is 0. The van der Waals surface area contributed by atoms with E-state index < -0.39 is 29.2 Å². The van der Waals surface area contributed by atoms with E-state index >= 15 is 0 Å². The SMILES string of the molecule is C=C(C)COC(=O)C1=C(CSc2nncs2)CS[C@@H]2C(NC(=O)/C(=N/OC)c3cscn3)C(=O)N12. The zero-order valence-corrected chi connectivity index (χ0v) is 21.9. The van der Waals surface area contributed by atoms with Crippen LogP contribution in [0, 0.1) is 0 Å². The fourth-order valence-corrected chi connectivity index (χ4v) is 6.76. The second-order valence-electron chi connectivity index (χ2n) is 7.34. The maximum Gasteiger partial charge on any atom is 0.355 e. The Labute approximate surface area is 217 Å². The fraction of sp³-hybridized carbons (Fsp3) is 0.350. The highest BCUT2D eigenvalue weighted by Crippen LogP contribution is 2.42. The Kier molecular flexibility index (Phi) is 8.20. The molecular weight excluding hydrogens is 533 g/mol. The molecule has 0 radical (unpaired) electrons. The van der Waals surface area contributed by atoms with Gasteiger partial charge in [0.2, 0.25) is 0 Å². The summed E-state index contributed by atoms with van der Waals surface area (Å²) >= 11 is 5.58. The average Bonchev–Trinajstić information content (AvgIpc) is 3.56. The van der Waals surface area contributed by atoms with Crippen molar-refractivity contribution in [3.8, 4) is 0 Å². The van der Waals surface area contributed by atoms with Crippen molar-refractivity contribution < 1.29 is 24.0 Å². The lowest BCUT2D eigenvalue weighted by Crippen LogP contribution is -2.71. The van der Waals surface area contributed by atoms with Gasteiger partial charge in [-0.05, 0) is 18.1 Å². The van der Waals surface area contributed by atoms with Gasteiger partial charge in [-0.25, -0.2) is 9.78 Å². The van der Waals surface area contributed by atoms with Crippen LogP contribution in [0.3, 0.4) is 0 Å². The van der Waals surface area contributed by atoms with Crippen LogP contribution in [0.4, 0.5) is 0 Å². The van der Waals surface area contributed by atoms with Gasteiger partial charge in [-0.15, -0.1) is 33.3 Å². The molecule has 0 aliphatic carbocycles. The number of fused-ring (bicyclic) bond motifs is 1. The number of hydrogen-bond acceptors (Lipinski definition) is 13. The number of carbonyl (C=O) groups is 3. The van der Waals surface area contributed by atoms with Crippen LogP contribution in [0.1, 0.15) is 12.6 Å². The van der Waals surface area contributed by atoms with Gasteiger partial charge in [-0.3, -0.25) is 14.5 Å². The highest BCUT2D eigenvalue weighted by molar-refractivity contribution is 8.01. The van der Waals surface area contributed by atoms with Gasteiger partial charge in [0.25, 0.3) is 11.8 Å². The Balaban J connectivity index is 1.53. The van der Waals surface area contributed by atoms with Gasteiger partial charge in [0, 0.05) is 16.9 Å². The quantitative estimate of drug-likeness (QED) is 0.116. The van der Waals surface area contributed by atoms with Crippen LogP contribution in [-0.4, -0.2) is 80.2 Å². The summed E-state index contributed by atoms with van der Waals surface area (Å²) in [5, 5.41) is 15.5. The number of oxime groups is 1. The third-order valence-electron chi connectivity index (χ3n) is 4.76. The molecule has 2 aliphatic rings. The number of hydrogen-bond donors (Lipinski definition) is 1. The summed E-state index contributed by atoms with van der Waals surface area (Å²) in [7, 11) is 1.32. The van der Waals surface area contributed by atoms with Gasteiger partial charge >= 0.3 is 5.97 Å². The van der Waals surface area contributed by atoms with E-state index in [1.54, 1.807) is 23.3 Å². The molecular formula is C20H20N6O5S4. The second kappa shape index (κ2) is 11.3. The Morgan fingerprint density at radius 3 is 2.89 bits per heavy atom. The first-order valence-electron chi connectivity index (χ1n) is 10.1. The number of carbonyl (C=O) groups excluding carboxylic acids is 3. The van der Waals surface area contributed by atoms with Crippen molar-refractivity contribution in [2.75, 3.05) is 25.2 Å². The van der Waals surface area contributed by atoms with Gasteiger partial charge in [0.1, 0.15) is 42.0 Å². The van der Waals surface area contributed by atoms with Crippen LogP contribution in [0.25, 0.3) is 0 Å². The summed E-state index contributed by atoms with van der Waals surface area (Å²) < 4.78 is 6.14. The number of esters is 1. The maximum atomic E-state index is 13.2. The van der Waals surface area contributed by atoms with Crippen LogP contribution < -0.4 is 5.32 Å². The minimum Gasteiger partial charge on any atom is -0.457 e. The molecule has 2 atom stereocenters. The van der Waals surface area contributed by atoms with E-state index in [-0.39, 0.29) is 18.0 Å². The molecule has 0 aromatic carbocycles. The van der Waals surface area contributed by atoms with Gasteiger partial charge in [0.15, 0.2) is 10.1 Å². The minimum atomic E-state index is -0.838. The first-order chi connectivity index (χ1) is 16.9. The molecule has 0 bridgehead atoms. The summed E-state index contributed by atoms with van der Waals surface area (Å²) in [4.78, 5) is 49.3. The lowest BCUT2D eigenvalue weighted by Gasteiger charge is -2.49. The Hall–Kier alpha value is -2.75. The van der Waals surface area contributed by atoms with Gasteiger partial charge in [-0.1, -0.05) is 34.8 Å². The first-order valence-corrected chi connectivity index (χ1v) is 13.9. The molecule has 184 valence electrons. The highest BCUT2D eigenvalue weighted by Gasteiger charge is 2.54. The zero-order chi connectivity index (χ0) is 24.9. The van der Waals surface area contributed by atoms with Crippen LogP contribution in [-0.2, 0) is 24.0 Å². The molecule has 4 rings (SSSR count). The van der Waals surface area contributed by atoms with E-state index in [0.717, 1.165) is 9.91 Å². The van der Waals surface area contributed by atoms with Crippen molar-refractivity contribution in [2.24, 2.45) is 5.16 Å². The van der Waals surface area contributed by atoms with Gasteiger partial charge < -0.3 is 14.9 Å². The second-order valence-corrected chi connectivity index (χ2v) is 11.2. The van der Waals surface area contributed by atoms with Crippen LogP contribution >= 0.6 is 46.2 Å². The van der Waals surface area contributed by atoms with Crippen LogP contribution in [0.15, 0.2) is 49.3 Å². The summed E-state index contributed by atoms with van der Waals surface area (Å²) in [6, 6.07) is -0.838. The third kappa shape index (κ3) is 5.58. The maximum absolute atomic E-state index is 13.2. The number of β-lactam (4-membered cyclic amide) rings is 1. The summed E-state index contributed by atoms with van der Waals surface area (Å²) in [5.41, 5.74) is 5.13. The average molecular weight is 553 g/mol. The molecule has 0 spiro atoms. The Morgan fingerprint density at radius 2 is 2.23 bits per heavy atom. The minimum absolute atomic E-state index is 0.0356. The predicted octanol–water partition coefficient (Wildman–Crippen LogP) is 1.91. The lowest BCUT2D eigenvalue weighted by molar-refractivity contribution is -0.152. The molecule has 2 aromatic rings. The molecule has 0 saturated carbocycles. The fourth-order valence-electron chi connectivity index (χ4n) is 3.25. The number of nitrogens with zero attached hydrogens (tertiary/aromatic N) is 5. The molecule has 2 aliphatic heterocycles. The zero-order valence-electron chi connectivity index (χ0n) is 18.6. The molecule has 2 amide bonds. The van der Waals surface area contributed by atoms with E-state index in [1.165, 1.54) is 58.2 Å². The van der Waals surface area contributed by atoms with Crippen molar-refractivity contribution >= 4 is 69.7 Å². The highest BCUT2D eigenvalue weighted by atomic mass is 32.2. The number of rotatable bonds is 10. The molecule has 35 heavy (non-hydrogen) atoms. The van der Waals surface area contributed by atoms with Crippen molar-refractivity contribution in [1.82, 2.24) is 25.4 Å². The number of aromatic nitrogens is 3. The first kappa shape index (κ1) is 25.3. The molecule has 1 saturated heterocycles. The molecule has 1 fully saturated rings. The van der Waals surface area contributed by atoms with Crippen molar-refractivity contribution in [3.05, 3.63) is 45.5 Å². The van der Waals surface area contributed by atoms with E-state index in [0.29, 0.717) is 22.8 Å². The van der Waals surface area contributed by atoms with Gasteiger partial charge in [0.05, 0.1) is 5.51 Å². The molecule has 2 aromatic heterocycles. The van der Waals surface area contributed by atoms with E-state index in [4.69, 9.17) is 9.57 Å². The molecule has 1 N–H and O–H groups in total. The topological polar surface area (TPSA) is 136 Å². The Bertz CT molecular complexity index is 1180. The predicted molar refractivity (Wildman–Crippen MR) is 134 cm³/mol. The number of thiazole rings is 1. The molecule has 1 unspecified atom stereocenters. The van der Waals surface area contributed by atoms with Crippen molar-refractivity contribution in [2.45, 2.75) is 22.7 Å². The molecule has 11 nitrogen and oxygen atoms in total. The number of thioether (sulfide) groups is 2.